The van der Waals surface area contributed by atoms with Crippen molar-refractivity contribution in [3.05, 3.63) is 32.8 Å². The monoisotopic (exact) mass is 286 g/mol. The van der Waals surface area contributed by atoms with Crippen LogP contribution in [-0.4, -0.2) is 23.2 Å². The van der Waals surface area contributed by atoms with Gasteiger partial charge >= 0.3 is 0 Å². The van der Waals surface area contributed by atoms with Crippen molar-refractivity contribution in [1.82, 2.24) is 0 Å². The van der Waals surface area contributed by atoms with Crippen LogP contribution in [0.1, 0.15) is 25.8 Å². The molecule has 0 aromatic heterocycles. The maximum Gasteiger partial charge on any atom is 0.288 e. The van der Waals surface area contributed by atoms with E-state index in [0.29, 0.717) is 6.54 Å². The first-order chi connectivity index (χ1) is 8.83. The number of halogens is 1. The Kier molecular flexibility index (Phi) is 5.14. The molecule has 1 rings (SSSR count). The van der Waals surface area contributed by atoms with E-state index in [0.717, 1.165) is 17.7 Å². The fraction of sp³-hybridized carbons (Fsp3) is 0.538. The van der Waals surface area contributed by atoms with Gasteiger partial charge in [0.15, 0.2) is 0 Å². The molecule has 0 spiro atoms. The van der Waals surface area contributed by atoms with Crippen molar-refractivity contribution in [2.75, 3.05) is 18.5 Å². The second kappa shape index (κ2) is 6.21. The van der Waals surface area contributed by atoms with Crippen LogP contribution in [0.3, 0.4) is 0 Å². The molecule has 0 aliphatic carbocycles. The van der Waals surface area contributed by atoms with Gasteiger partial charge in [-0.2, -0.15) is 0 Å². The molecule has 0 saturated carbocycles. The summed E-state index contributed by atoms with van der Waals surface area (Å²) in [6.07, 6.45) is 0.830. The molecule has 0 radical (unpaired) electrons. The number of nitrogens with one attached hydrogen (secondary N) is 1. The Morgan fingerprint density at radius 2 is 2.16 bits per heavy atom. The fourth-order valence-electron chi connectivity index (χ4n) is 1.60. The van der Waals surface area contributed by atoms with E-state index in [9.17, 15) is 15.2 Å². The van der Waals surface area contributed by atoms with Gasteiger partial charge in [0, 0.05) is 23.7 Å². The third-order valence-corrected chi connectivity index (χ3v) is 3.73. The number of benzene rings is 1. The number of hydrogen-bond donors (Lipinski definition) is 2. The second-order valence-electron chi connectivity index (χ2n) is 5.05. The Morgan fingerprint density at radius 3 is 2.63 bits per heavy atom. The molecule has 1 atom stereocenters. The Morgan fingerprint density at radius 1 is 1.53 bits per heavy atom. The Balaban J connectivity index is 2.92. The SMILES string of the molecule is CCC(C)(CO)CNc1cc(Cl)c([N+](=O)[O-])cc1C. The minimum atomic E-state index is -0.497. The number of aliphatic hydroxyl groups is 1. The summed E-state index contributed by atoms with van der Waals surface area (Å²) in [7, 11) is 0. The quantitative estimate of drug-likeness (QED) is 0.621. The first-order valence-electron chi connectivity index (χ1n) is 6.12. The van der Waals surface area contributed by atoms with Gasteiger partial charge in [-0.1, -0.05) is 25.4 Å². The molecule has 5 nitrogen and oxygen atoms in total. The summed E-state index contributed by atoms with van der Waals surface area (Å²) in [6, 6.07) is 3.01. The minimum Gasteiger partial charge on any atom is -0.396 e. The van der Waals surface area contributed by atoms with Gasteiger partial charge in [-0.15, -0.1) is 0 Å². The molecule has 0 bridgehead atoms. The van der Waals surface area contributed by atoms with Crippen molar-refractivity contribution in [3.63, 3.8) is 0 Å². The van der Waals surface area contributed by atoms with Crippen molar-refractivity contribution >= 4 is 23.0 Å². The molecule has 2 N–H and O–H groups in total. The zero-order valence-corrected chi connectivity index (χ0v) is 12.1. The standard InChI is InChI=1S/C13H19ClN2O3/c1-4-13(3,8-17)7-15-11-6-10(14)12(16(18)19)5-9(11)2/h5-6,15,17H,4,7-8H2,1-3H3. The summed E-state index contributed by atoms with van der Waals surface area (Å²) < 4.78 is 0. The summed E-state index contributed by atoms with van der Waals surface area (Å²) in [5, 5.41) is 23.4. The second-order valence-corrected chi connectivity index (χ2v) is 5.46. The van der Waals surface area contributed by atoms with Crippen molar-refractivity contribution in [1.29, 1.82) is 0 Å². The molecule has 0 heterocycles. The van der Waals surface area contributed by atoms with Gasteiger partial charge in [-0.25, -0.2) is 0 Å². The first kappa shape index (κ1) is 15.7. The van der Waals surface area contributed by atoms with Crippen LogP contribution in [0.2, 0.25) is 5.02 Å². The number of anilines is 1. The van der Waals surface area contributed by atoms with E-state index in [1.54, 1.807) is 13.0 Å². The third kappa shape index (κ3) is 3.81. The van der Waals surface area contributed by atoms with Crippen molar-refractivity contribution in [3.8, 4) is 0 Å². The molecule has 6 heteroatoms. The number of aliphatic hydroxyl groups excluding tert-OH is 1. The summed E-state index contributed by atoms with van der Waals surface area (Å²) in [6.45, 7) is 6.43. The zero-order valence-electron chi connectivity index (χ0n) is 11.4. The van der Waals surface area contributed by atoms with Crippen LogP contribution in [0.4, 0.5) is 11.4 Å². The maximum atomic E-state index is 10.8. The summed E-state index contributed by atoms with van der Waals surface area (Å²) >= 11 is 5.88. The predicted molar refractivity (Wildman–Crippen MR) is 76.8 cm³/mol. The molecule has 0 saturated heterocycles. The number of hydrogen-bond acceptors (Lipinski definition) is 4. The third-order valence-electron chi connectivity index (χ3n) is 3.43. The molecular weight excluding hydrogens is 268 g/mol. The zero-order chi connectivity index (χ0) is 14.6. The number of rotatable bonds is 6. The van der Waals surface area contributed by atoms with Gasteiger partial charge in [-0.05, 0) is 25.0 Å². The van der Waals surface area contributed by atoms with E-state index in [2.05, 4.69) is 5.32 Å². The highest BCUT2D eigenvalue weighted by Gasteiger charge is 2.22. The molecule has 19 heavy (non-hydrogen) atoms. The van der Waals surface area contributed by atoms with Crippen molar-refractivity contribution < 1.29 is 10.0 Å². The molecule has 1 unspecified atom stereocenters. The van der Waals surface area contributed by atoms with Gasteiger partial charge in [0.05, 0.1) is 11.5 Å². The fourth-order valence-corrected chi connectivity index (χ4v) is 1.83. The normalized spacial score (nSPS) is 13.9. The summed E-state index contributed by atoms with van der Waals surface area (Å²) in [4.78, 5) is 10.3. The Bertz CT molecular complexity index is 473. The van der Waals surface area contributed by atoms with Crippen LogP contribution in [0.25, 0.3) is 0 Å². The molecule has 1 aromatic carbocycles. The molecular formula is C13H19ClN2O3. The summed E-state index contributed by atoms with van der Waals surface area (Å²) in [5.74, 6) is 0. The van der Waals surface area contributed by atoms with E-state index in [1.165, 1.54) is 6.07 Å². The van der Waals surface area contributed by atoms with Crippen molar-refractivity contribution in [2.45, 2.75) is 27.2 Å². The molecule has 106 valence electrons. The first-order valence-corrected chi connectivity index (χ1v) is 6.50. The maximum absolute atomic E-state index is 10.8. The highest BCUT2D eigenvalue weighted by atomic mass is 35.5. The van der Waals surface area contributed by atoms with Crippen molar-refractivity contribution in [2.24, 2.45) is 5.41 Å². The van der Waals surface area contributed by atoms with Crippen LogP contribution in [0, 0.1) is 22.5 Å². The van der Waals surface area contributed by atoms with Crippen LogP contribution >= 0.6 is 11.6 Å². The van der Waals surface area contributed by atoms with Gasteiger partial charge in [0.2, 0.25) is 0 Å². The molecule has 0 fully saturated rings. The lowest BCUT2D eigenvalue weighted by Gasteiger charge is -2.26. The number of nitrogens with zero attached hydrogens (tertiary/aromatic N) is 1. The Labute approximate surface area is 117 Å². The lowest BCUT2D eigenvalue weighted by atomic mass is 9.88. The molecule has 0 amide bonds. The van der Waals surface area contributed by atoms with Gasteiger partial charge < -0.3 is 10.4 Å². The van der Waals surface area contributed by atoms with Gasteiger partial charge in [0.25, 0.3) is 5.69 Å². The van der Waals surface area contributed by atoms with Gasteiger partial charge in [0.1, 0.15) is 5.02 Å². The predicted octanol–water partition coefficient (Wildman–Crippen LogP) is 3.38. The topological polar surface area (TPSA) is 75.4 Å². The van der Waals surface area contributed by atoms with E-state index in [-0.39, 0.29) is 22.7 Å². The average molecular weight is 287 g/mol. The van der Waals surface area contributed by atoms with E-state index in [4.69, 9.17) is 11.6 Å². The lowest BCUT2D eigenvalue weighted by Crippen LogP contribution is -2.29. The van der Waals surface area contributed by atoms with E-state index in [1.807, 2.05) is 13.8 Å². The lowest BCUT2D eigenvalue weighted by molar-refractivity contribution is -0.384. The largest absolute Gasteiger partial charge is 0.396 e. The average Bonchev–Trinajstić information content (AvgIpc) is 2.38. The molecule has 0 aliphatic rings. The molecule has 0 aliphatic heterocycles. The molecule has 1 aromatic rings. The van der Waals surface area contributed by atoms with Crippen LogP contribution in [0.15, 0.2) is 12.1 Å². The number of nitro groups is 1. The highest BCUT2D eigenvalue weighted by Crippen LogP contribution is 2.31. The number of aryl methyl sites for hydroxylation is 1. The van der Waals surface area contributed by atoms with Gasteiger partial charge in [-0.3, -0.25) is 10.1 Å². The minimum absolute atomic E-state index is 0.0796. The van der Waals surface area contributed by atoms with E-state index < -0.39 is 4.92 Å². The van der Waals surface area contributed by atoms with Crippen LogP contribution < -0.4 is 5.32 Å². The van der Waals surface area contributed by atoms with Crippen LogP contribution in [0.5, 0.6) is 0 Å². The highest BCUT2D eigenvalue weighted by molar-refractivity contribution is 6.33. The van der Waals surface area contributed by atoms with Crippen LogP contribution in [-0.2, 0) is 0 Å². The Hall–Kier alpha value is -1.33. The van der Waals surface area contributed by atoms with E-state index >= 15 is 0 Å². The summed E-state index contributed by atoms with van der Waals surface area (Å²) in [5.41, 5.74) is 1.20. The smallest absolute Gasteiger partial charge is 0.288 e. The number of nitro benzene ring substituents is 1.